The number of amides is 1. The van der Waals surface area contributed by atoms with E-state index in [0.29, 0.717) is 24.8 Å². The van der Waals surface area contributed by atoms with Gasteiger partial charge in [-0.25, -0.2) is 4.79 Å². The van der Waals surface area contributed by atoms with Crippen LogP contribution in [-0.2, 0) is 16.1 Å². The van der Waals surface area contributed by atoms with Gasteiger partial charge in [0.05, 0.1) is 6.10 Å². The number of ether oxygens (including phenoxy) is 2. The fourth-order valence-electron chi connectivity index (χ4n) is 3.66. The third-order valence-electron chi connectivity index (χ3n) is 5.57. The summed E-state index contributed by atoms with van der Waals surface area (Å²) in [5, 5.41) is 6.64. The molecule has 0 heterocycles. The lowest BCUT2D eigenvalue weighted by Crippen LogP contribution is -2.65. The molecule has 1 aromatic rings. The number of hydrogen-bond donors (Lipinski definition) is 2. The van der Waals surface area contributed by atoms with Gasteiger partial charge in [0, 0.05) is 30.7 Å². The maximum Gasteiger partial charge on any atom is 0.407 e. The predicted octanol–water partition coefficient (Wildman–Crippen LogP) is 2.85. The van der Waals surface area contributed by atoms with Crippen molar-refractivity contribution in [3.63, 3.8) is 0 Å². The Balaban J connectivity index is 1.32. The Morgan fingerprint density at radius 2 is 1.88 bits per heavy atom. The van der Waals surface area contributed by atoms with Crippen LogP contribution in [0.2, 0.25) is 0 Å². The Labute approximate surface area is 144 Å². The first-order chi connectivity index (χ1) is 11.5. The van der Waals surface area contributed by atoms with Crippen molar-refractivity contribution in [2.75, 3.05) is 7.11 Å². The summed E-state index contributed by atoms with van der Waals surface area (Å²) >= 11 is 0. The van der Waals surface area contributed by atoms with Gasteiger partial charge in [-0.1, -0.05) is 44.2 Å². The number of rotatable bonds is 6. The van der Waals surface area contributed by atoms with Gasteiger partial charge in [0.25, 0.3) is 0 Å². The van der Waals surface area contributed by atoms with E-state index in [4.69, 9.17) is 9.47 Å². The van der Waals surface area contributed by atoms with E-state index in [0.717, 1.165) is 24.8 Å². The van der Waals surface area contributed by atoms with E-state index < -0.39 is 0 Å². The third-order valence-corrected chi connectivity index (χ3v) is 5.57. The van der Waals surface area contributed by atoms with Crippen molar-refractivity contribution in [3.8, 4) is 0 Å². The zero-order chi connectivity index (χ0) is 17.2. The zero-order valence-electron chi connectivity index (χ0n) is 14.7. The topological polar surface area (TPSA) is 59.6 Å². The molecule has 2 unspecified atom stereocenters. The van der Waals surface area contributed by atoms with Crippen molar-refractivity contribution >= 4 is 6.09 Å². The SMILES string of the molecule is COC1CC(NC2CC(NC(=O)OCc3ccccc3)C2)C1(C)C. The van der Waals surface area contributed by atoms with Gasteiger partial charge in [0.15, 0.2) is 0 Å². The largest absolute Gasteiger partial charge is 0.445 e. The number of benzene rings is 1. The van der Waals surface area contributed by atoms with Crippen molar-refractivity contribution in [2.45, 2.75) is 63.9 Å². The van der Waals surface area contributed by atoms with Gasteiger partial charge < -0.3 is 20.1 Å². The second-order valence-corrected chi connectivity index (χ2v) is 7.57. The summed E-state index contributed by atoms with van der Waals surface area (Å²) in [5.74, 6) is 0. The minimum absolute atomic E-state index is 0.182. The van der Waals surface area contributed by atoms with Crippen LogP contribution in [0.25, 0.3) is 0 Å². The highest BCUT2D eigenvalue weighted by molar-refractivity contribution is 5.67. The maximum absolute atomic E-state index is 11.8. The molecule has 1 amide bonds. The van der Waals surface area contributed by atoms with E-state index in [-0.39, 0.29) is 17.6 Å². The molecule has 0 spiro atoms. The molecule has 2 N–H and O–H groups in total. The van der Waals surface area contributed by atoms with Crippen LogP contribution >= 0.6 is 0 Å². The molecule has 5 nitrogen and oxygen atoms in total. The quantitative estimate of drug-likeness (QED) is 0.841. The Hall–Kier alpha value is -1.59. The smallest absolute Gasteiger partial charge is 0.407 e. The summed E-state index contributed by atoms with van der Waals surface area (Å²) in [6.45, 7) is 4.81. The fourth-order valence-corrected chi connectivity index (χ4v) is 3.66. The van der Waals surface area contributed by atoms with Crippen LogP contribution in [0.1, 0.15) is 38.7 Å². The third kappa shape index (κ3) is 3.73. The Morgan fingerprint density at radius 3 is 2.50 bits per heavy atom. The molecule has 0 saturated heterocycles. The molecule has 3 rings (SSSR count). The Kier molecular flexibility index (Phi) is 5.11. The van der Waals surface area contributed by atoms with Crippen LogP contribution in [-0.4, -0.2) is 37.4 Å². The summed E-state index contributed by atoms with van der Waals surface area (Å²) in [7, 11) is 1.78. The summed E-state index contributed by atoms with van der Waals surface area (Å²) < 4.78 is 10.7. The van der Waals surface area contributed by atoms with E-state index >= 15 is 0 Å². The number of nitrogens with one attached hydrogen (secondary N) is 2. The average Bonchev–Trinajstić information content (AvgIpc) is 2.54. The van der Waals surface area contributed by atoms with Crippen molar-refractivity contribution in [1.29, 1.82) is 0 Å². The van der Waals surface area contributed by atoms with E-state index in [1.165, 1.54) is 0 Å². The molecule has 5 heteroatoms. The van der Waals surface area contributed by atoms with E-state index in [9.17, 15) is 4.79 Å². The summed E-state index contributed by atoms with van der Waals surface area (Å²) in [6.07, 6.45) is 3.01. The maximum atomic E-state index is 11.8. The number of methoxy groups -OCH3 is 1. The molecular formula is C19H28N2O3. The molecule has 24 heavy (non-hydrogen) atoms. The molecule has 2 saturated carbocycles. The summed E-state index contributed by atoms with van der Waals surface area (Å²) in [6, 6.07) is 10.9. The van der Waals surface area contributed by atoms with Gasteiger partial charge in [0.2, 0.25) is 0 Å². The fraction of sp³-hybridized carbons (Fsp3) is 0.632. The zero-order valence-corrected chi connectivity index (χ0v) is 14.7. The van der Waals surface area contributed by atoms with E-state index in [2.05, 4.69) is 24.5 Å². The highest BCUT2D eigenvalue weighted by Gasteiger charge is 2.49. The summed E-state index contributed by atoms with van der Waals surface area (Å²) in [5.41, 5.74) is 1.18. The van der Waals surface area contributed by atoms with Gasteiger partial charge in [-0.3, -0.25) is 0 Å². The highest BCUT2D eigenvalue weighted by Crippen LogP contribution is 2.43. The van der Waals surface area contributed by atoms with Crippen molar-refractivity contribution in [1.82, 2.24) is 10.6 Å². The lowest BCUT2D eigenvalue weighted by atomic mass is 9.63. The molecule has 0 aromatic heterocycles. The van der Waals surface area contributed by atoms with Crippen molar-refractivity contribution in [2.24, 2.45) is 5.41 Å². The standard InChI is InChI=1S/C19H28N2O3/c1-19(2)16(11-17(19)23-3)20-14-9-15(10-14)21-18(22)24-12-13-7-5-4-6-8-13/h4-8,14-17,20H,9-12H2,1-3H3,(H,21,22). The van der Waals surface area contributed by atoms with Gasteiger partial charge in [-0.05, 0) is 24.8 Å². The lowest BCUT2D eigenvalue weighted by Gasteiger charge is -2.54. The molecule has 2 aliphatic carbocycles. The minimum atomic E-state index is -0.328. The van der Waals surface area contributed by atoms with Gasteiger partial charge in [0.1, 0.15) is 6.61 Å². The molecule has 1 aromatic carbocycles. The lowest BCUT2D eigenvalue weighted by molar-refractivity contribution is -0.103. The van der Waals surface area contributed by atoms with Crippen LogP contribution in [0.15, 0.2) is 30.3 Å². The number of carbonyl (C=O) groups is 1. The van der Waals surface area contributed by atoms with Crippen LogP contribution in [0.5, 0.6) is 0 Å². The Bertz CT molecular complexity index is 555. The Morgan fingerprint density at radius 1 is 1.17 bits per heavy atom. The molecule has 0 bridgehead atoms. The highest BCUT2D eigenvalue weighted by atomic mass is 16.5. The monoisotopic (exact) mass is 332 g/mol. The normalized spacial score (nSPS) is 30.8. The first-order valence-electron chi connectivity index (χ1n) is 8.75. The van der Waals surface area contributed by atoms with Gasteiger partial charge >= 0.3 is 6.09 Å². The van der Waals surface area contributed by atoms with Gasteiger partial charge in [-0.15, -0.1) is 0 Å². The van der Waals surface area contributed by atoms with E-state index in [1.54, 1.807) is 7.11 Å². The van der Waals surface area contributed by atoms with Crippen LogP contribution in [0.4, 0.5) is 4.79 Å². The molecule has 0 aliphatic heterocycles. The van der Waals surface area contributed by atoms with Crippen molar-refractivity contribution < 1.29 is 14.3 Å². The predicted molar refractivity (Wildman–Crippen MR) is 92.7 cm³/mol. The molecule has 132 valence electrons. The first kappa shape index (κ1) is 17.2. The molecule has 0 radical (unpaired) electrons. The van der Waals surface area contributed by atoms with Crippen LogP contribution < -0.4 is 10.6 Å². The minimum Gasteiger partial charge on any atom is -0.445 e. The van der Waals surface area contributed by atoms with Crippen molar-refractivity contribution in [3.05, 3.63) is 35.9 Å². The van der Waals surface area contributed by atoms with Crippen LogP contribution in [0.3, 0.4) is 0 Å². The van der Waals surface area contributed by atoms with Gasteiger partial charge in [-0.2, -0.15) is 0 Å². The molecule has 2 atom stereocenters. The second-order valence-electron chi connectivity index (χ2n) is 7.57. The number of alkyl carbamates (subject to hydrolysis) is 1. The summed E-state index contributed by atoms with van der Waals surface area (Å²) in [4.78, 5) is 11.8. The average molecular weight is 332 g/mol. The first-order valence-corrected chi connectivity index (χ1v) is 8.75. The van der Waals surface area contributed by atoms with Crippen LogP contribution in [0, 0.1) is 5.41 Å². The second kappa shape index (κ2) is 7.11. The molecule has 2 aliphatic rings. The molecular weight excluding hydrogens is 304 g/mol. The van der Waals surface area contributed by atoms with E-state index in [1.807, 2.05) is 30.3 Å². The number of hydrogen-bond acceptors (Lipinski definition) is 4. The molecule has 2 fully saturated rings. The number of carbonyl (C=O) groups excluding carboxylic acids is 1.